The molecule has 0 N–H and O–H groups in total. The number of aromatic nitrogens is 1. The molecule has 14 heavy (non-hydrogen) atoms. The summed E-state index contributed by atoms with van der Waals surface area (Å²) in [7, 11) is 0. The standard InChI is InChI=1S/C6H2BrF3N2O2/c7-4-3(6(8,9)10)1-2-11-5(4)12(13)14/h1-2H. The maximum Gasteiger partial charge on any atom is 0.417 e. The lowest BCUT2D eigenvalue weighted by molar-refractivity contribution is -0.390. The van der Waals surface area contributed by atoms with Crippen molar-refractivity contribution >= 4 is 21.7 Å². The van der Waals surface area contributed by atoms with Crippen molar-refractivity contribution in [1.82, 2.24) is 4.98 Å². The molecule has 0 aromatic carbocycles. The molecule has 0 atom stereocenters. The van der Waals surface area contributed by atoms with Crippen LogP contribution in [-0.2, 0) is 6.18 Å². The van der Waals surface area contributed by atoms with Crippen LogP contribution in [0.5, 0.6) is 0 Å². The second-order valence-corrected chi connectivity index (χ2v) is 3.04. The summed E-state index contributed by atoms with van der Waals surface area (Å²) >= 11 is 2.49. The quantitative estimate of drug-likeness (QED) is 0.582. The third kappa shape index (κ3) is 2.00. The van der Waals surface area contributed by atoms with E-state index in [1.807, 2.05) is 0 Å². The van der Waals surface area contributed by atoms with E-state index in [2.05, 4.69) is 20.9 Å². The first-order valence-corrected chi connectivity index (χ1v) is 3.99. The highest BCUT2D eigenvalue weighted by Gasteiger charge is 2.36. The molecule has 1 heterocycles. The molecule has 1 rings (SSSR count). The fraction of sp³-hybridized carbons (Fsp3) is 0.167. The third-order valence-electron chi connectivity index (χ3n) is 1.35. The minimum Gasteiger partial charge on any atom is -0.358 e. The highest BCUT2D eigenvalue weighted by molar-refractivity contribution is 9.10. The summed E-state index contributed by atoms with van der Waals surface area (Å²) in [6.45, 7) is 0. The van der Waals surface area contributed by atoms with E-state index in [4.69, 9.17) is 0 Å². The Labute approximate surface area is 84.0 Å². The van der Waals surface area contributed by atoms with Gasteiger partial charge in [0.2, 0.25) is 0 Å². The van der Waals surface area contributed by atoms with E-state index in [0.29, 0.717) is 6.07 Å². The lowest BCUT2D eigenvalue weighted by Gasteiger charge is -2.07. The zero-order valence-corrected chi connectivity index (χ0v) is 7.96. The van der Waals surface area contributed by atoms with E-state index in [1.165, 1.54) is 0 Å². The van der Waals surface area contributed by atoms with Gasteiger partial charge < -0.3 is 10.1 Å². The Balaban J connectivity index is 3.35. The van der Waals surface area contributed by atoms with E-state index >= 15 is 0 Å². The van der Waals surface area contributed by atoms with Crippen molar-refractivity contribution in [1.29, 1.82) is 0 Å². The maximum absolute atomic E-state index is 12.2. The van der Waals surface area contributed by atoms with Gasteiger partial charge in [-0.2, -0.15) is 13.2 Å². The maximum atomic E-state index is 12.2. The Morgan fingerprint density at radius 1 is 1.50 bits per heavy atom. The van der Waals surface area contributed by atoms with Crippen molar-refractivity contribution in [3.8, 4) is 0 Å². The number of hydrogen-bond acceptors (Lipinski definition) is 3. The molecule has 0 unspecified atom stereocenters. The van der Waals surface area contributed by atoms with E-state index in [0.717, 1.165) is 6.20 Å². The molecule has 0 fully saturated rings. The molecule has 1 aromatic heterocycles. The van der Waals surface area contributed by atoms with Gasteiger partial charge in [0.05, 0.1) is 5.56 Å². The molecule has 4 nitrogen and oxygen atoms in total. The van der Waals surface area contributed by atoms with Gasteiger partial charge in [0.15, 0.2) is 0 Å². The number of pyridine rings is 1. The van der Waals surface area contributed by atoms with Crippen molar-refractivity contribution < 1.29 is 18.1 Å². The van der Waals surface area contributed by atoms with Gasteiger partial charge in [-0.15, -0.1) is 0 Å². The first kappa shape index (κ1) is 10.9. The molecule has 0 saturated heterocycles. The van der Waals surface area contributed by atoms with Crippen LogP contribution in [0.15, 0.2) is 16.7 Å². The highest BCUT2D eigenvalue weighted by atomic mass is 79.9. The van der Waals surface area contributed by atoms with Gasteiger partial charge in [0.25, 0.3) is 0 Å². The van der Waals surface area contributed by atoms with E-state index in [9.17, 15) is 23.3 Å². The Kier molecular flexibility index (Phi) is 2.74. The topological polar surface area (TPSA) is 56.0 Å². The first-order valence-electron chi connectivity index (χ1n) is 3.20. The van der Waals surface area contributed by atoms with Crippen LogP contribution in [-0.4, -0.2) is 9.91 Å². The molecule has 1 aromatic rings. The summed E-state index contributed by atoms with van der Waals surface area (Å²) < 4.78 is 36.0. The van der Waals surface area contributed by atoms with E-state index in [-0.39, 0.29) is 0 Å². The van der Waals surface area contributed by atoms with Crippen LogP contribution >= 0.6 is 15.9 Å². The van der Waals surface area contributed by atoms with Gasteiger partial charge in [0.1, 0.15) is 10.7 Å². The Bertz CT molecular complexity index is 380. The summed E-state index contributed by atoms with van der Waals surface area (Å²) in [4.78, 5) is 12.5. The minimum absolute atomic E-state index is 0.655. The molecule has 0 aliphatic rings. The zero-order chi connectivity index (χ0) is 10.9. The fourth-order valence-electron chi connectivity index (χ4n) is 0.779. The summed E-state index contributed by atoms with van der Waals surface area (Å²) in [6, 6.07) is 0.664. The predicted molar refractivity (Wildman–Crippen MR) is 43.6 cm³/mol. The van der Waals surface area contributed by atoms with Gasteiger partial charge in [-0.25, -0.2) is 0 Å². The van der Waals surface area contributed by atoms with E-state index in [1.54, 1.807) is 0 Å². The number of halogens is 4. The van der Waals surface area contributed by atoms with Crippen molar-refractivity contribution in [2.24, 2.45) is 0 Å². The van der Waals surface area contributed by atoms with Crippen LogP contribution in [0.3, 0.4) is 0 Å². The Hall–Kier alpha value is -1.18. The van der Waals surface area contributed by atoms with Crippen LogP contribution in [0.25, 0.3) is 0 Å². The molecule has 0 aliphatic carbocycles. The lowest BCUT2D eigenvalue weighted by atomic mass is 10.2. The largest absolute Gasteiger partial charge is 0.417 e. The molecule has 0 saturated carbocycles. The molecule has 76 valence electrons. The number of hydrogen-bond donors (Lipinski definition) is 0. The van der Waals surface area contributed by atoms with Gasteiger partial charge >= 0.3 is 12.0 Å². The molecule has 0 spiro atoms. The zero-order valence-electron chi connectivity index (χ0n) is 6.38. The number of nitrogens with zero attached hydrogens (tertiary/aromatic N) is 2. The molecule has 0 aliphatic heterocycles. The van der Waals surface area contributed by atoms with Crippen molar-refractivity contribution in [2.45, 2.75) is 6.18 Å². The number of nitro groups is 1. The molecular weight excluding hydrogens is 269 g/mol. The highest BCUT2D eigenvalue weighted by Crippen LogP contribution is 2.37. The Morgan fingerprint density at radius 2 is 2.07 bits per heavy atom. The van der Waals surface area contributed by atoms with Crippen LogP contribution in [0.4, 0.5) is 19.0 Å². The summed E-state index contributed by atoms with van der Waals surface area (Å²) in [5.41, 5.74) is -1.11. The van der Waals surface area contributed by atoms with Crippen molar-refractivity contribution in [2.75, 3.05) is 0 Å². The third-order valence-corrected chi connectivity index (χ3v) is 2.13. The average molecular weight is 271 g/mol. The molecule has 0 bridgehead atoms. The number of alkyl halides is 3. The smallest absolute Gasteiger partial charge is 0.358 e. The van der Waals surface area contributed by atoms with Gasteiger partial charge in [-0.3, -0.25) is 0 Å². The second-order valence-electron chi connectivity index (χ2n) is 2.25. The normalized spacial score (nSPS) is 11.4. The summed E-state index contributed by atoms with van der Waals surface area (Å²) in [5.74, 6) is -0.847. The minimum atomic E-state index is -4.63. The Morgan fingerprint density at radius 3 is 2.50 bits per heavy atom. The predicted octanol–water partition coefficient (Wildman–Crippen LogP) is 2.77. The van der Waals surface area contributed by atoms with Gasteiger partial charge in [-0.05, 0) is 31.9 Å². The van der Waals surface area contributed by atoms with Crippen LogP contribution in [0, 0.1) is 10.1 Å². The van der Waals surface area contributed by atoms with Gasteiger partial charge in [-0.1, -0.05) is 0 Å². The van der Waals surface area contributed by atoms with Crippen LogP contribution < -0.4 is 0 Å². The SMILES string of the molecule is O=[N+]([O-])c1nccc(C(F)(F)F)c1Br. The summed E-state index contributed by atoms with van der Waals surface area (Å²) in [6.07, 6.45) is -3.89. The fourth-order valence-corrected chi connectivity index (χ4v) is 1.38. The lowest BCUT2D eigenvalue weighted by Crippen LogP contribution is -2.08. The monoisotopic (exact) mass is 270 g/mol. The second kappa shape index (κ2) is 3.52. The van der Waals surface area contributed by atoms with Gasteiger partial charge in [0, 0.05) is 0 Å². The van der Waals surface area contributed by atoms with Crippen LogP contribution in [0.1, 0.15) is 5.56 Å². The van der Waals surface area contributed by atoms with E-state index < -0.39 is 27.0 Å². The molecule has 8 heteroatoms. The number of rotatable bonds is 1. The summed E-state index contributed by atoms with van der Waals surface area (Å²) in [5, 5.41) is 10.2. The molecular formula is C6H2BrF3N2O2. The van der Waals surface area contributed by atoms with Crippen LogP contribution in [0.2, 0.25) is 0 Å². The average Bonchev–Trinajstić information content (AvgIpc) is 2.01. The molecule has 0 radical (unpaired) electrons. The van der Waals surface area contributed by atoms with Crippen molar-refractivity contribution in [3.05, 3.63) is 32.4 Å². The van der Waals surface area contributed by atoms with Crippen molar-refractivity contribution in [3.63, 3.8) is 0 Å². The molecule has 0 amide bonds. The first-order chi connectivity index (χ1) is 6.34.